The van der Waals surface area contributed by atoms with Gasteiger partial charge in [0, 0.05) is 47.1 Å². The summed E-state index contributed by atoms with van der Waals surface area (Å²) in [5.41, 5.74) is 0.748. The van der Waals surface area contributed by atoms with E-state index in [4.69, 9.17) is 0 Å². The van der Waals surface area contributed by atoms with Crippen molar-refractivity contribution in [3.05, 3.63) is 42.4 Å². The summed E-state index contributed by atoms with van der Waals surface area (Å²) in [6, 6.07) is 3.20. The molecular formula is C22H28ClF2N7. The molecule has 0 aliphatic carbocycles. The van der Waals surface area contributed by atoms with Crippen LogP contribution in [-0.4, -0.2) is 49.5 Å². The van der Waals surface area contributed by atoms with Crippen LogP contribution in [0.5, 0.6) is 0 Å². The lowest BCUT2D eigenvalue weighted by Gasteiger charge is -2.48. The van der Waals surface area contributed by atoms with E-state index in [2.05, 4.69) is 58.4 Å². The second kappa shape index (κ2) is 8.71. The van der Waals surface area contributed by atoms with Crippen molar-refractivity contribution in [3.8, 4) is 22.4 Å². The molecule has 1 aliphatic rings. The van der Waals surface area contributed by atoms with Gasteiger partial charge in [0.05, 0.1) is 12.4 Å². The van der Waals surface area contributed by atoms with Gasteiger partial charge >= 0.3 is 0 Å². The number of hydrogen-bond donors (Lipinski definition) is 2. The van der Waals surface area contributed by atoms with E-state index >= 15 is 0 Å². The Labute approximate surface area is 192 Å². The lowest BCUT2D eigenvalue weighted by Crippen LogP contribution is -2.62. The molecule has 1 aliphatic heterocycles. The van der Waals surface area contributed by atoms with Crippen molar-refractivity contribution in [2.75, 3.05) is 11.9 Å². The van der Waals surface area contributed by atoms with Crippen LogP contribution < -0.4 is 10.2 Å². The zero-order valence-electron chi connectivity index (χ0n) is 18.8. The minimum Gasteiger partial charge on any atom is -0.339 e. The first kappa shape index (κ1) is 24.0. The van der Waals surface area contributed by atoms with E-state index in [1.165, 1.54) is 30.7 Å². The summed E-state index contributed by atoms with van der Waals surface area (Å²) in [6.07, 6.45) is 6.23. The van der Waals surface area contributed by atoms with Gasteiger partial charge in [-0.15, -0.1) is 22.6 Å². The maximum absolute atomic E-state index is 14.7. The highest BCUT2D eigenvalue weighted by Crippen LogP contribution is 2.33. The Balaban J connectivity index is 0.00000289. The van der Waals surface area contributed by atoms with Crippen molar-refractivity contribution >= 4 is 18.4 Å². The molecule has 4 rings (SSSR count). The van der Waals surface area contributed by atoms with Crippen LogP contribution in [0.25, 0.3) is 22.4 Å². The molecule has 1 fully saturated rings. The predicted molar refractivity (Wildman–Crippen MR) is 123 cm³/mol. The van der Waals surface area contributed by atoms with E-state index in [0.29, 0.717) is 11.5 Å². The van der Waals surface area contributed by atoms with Crippen molar-refractivity contribution in [1.82, 2.24) is 30.7 Å². The summed E-state index contributed by atoms with van der Waals surface area (Å²) in [7, 11) is 1.94. The number of aromatic amines is 1. The van der Waals surface area contributed by atoms with E-state index in [-0.39, 0.29) is 46.3 Å². The maximum Gasteiger partial charge on any atom is 0.245 e. The molecule has 0 bridgehead atoms. The molecule has 0 saturated carbocycles. The molecule has 0 unspecified atom stereocenters. The molecule has 7 nitrogen and oxygen atoms in total. The number of hydrogen-bond acceptors (Lipinski definition) is 6. The number of benzene rings is 1. The first-order valence-electron chi connectivity index (χ1n) is 10.3. The summed E-state index contributed by atoms with van der Waals surface area (Å²) in [5, 5.41) is 18.4. The van der Waals surface area contributed by atoms with Crippen molar-refractivity contribution in [2.24, 2.45) is 0 Å². The molecule has 3 aromatic rings. The lowest BCUT2D eigenvalue weighted by molar-refractivity contribution is 0.160. The van der Waals surface area contributed by atoms with Crippen LogP contribution in [0.2, 0.25) is 0 Å². The Bertz CT molecular complexity index is 1050. The zero-order chi connectivity index (χ0) is 22.4. The SMILES string of the molecule is CN(c1ncc(-c2ccc(-c3cn[nH]c3)c(F)c2F)nn1)C1CC(C)(C)NC(C)(C)C1.Cl. The molecule has 2 N–H and O–H groups in total. The lowest BCUT2D eigenvalue weighted by atomic mass is 9.79. The molecule has 1 aromatic carbocycles. The molecule has 0 atom stereocenters. The number of anilines is 1. The predicted octanol–water partition coefficient (Wildman–Crippen LogP) is 4.37. The molecule has 3 heterocycles. The second-order valence-electron chi connectivity index (χ2n) is 9.48. The van der Waals surface area contributed by atoms with Crippen LogP contribution in [0.4, 0.5) is 14.7 Å². The van der Waals surface area contributed by atoms with E-state index in [1.54, 1.807) is 0 Å². The Kier molecular flexibility index (Phi) is 6.53. The highest BCUT2D eigenvalue weighted by atomic mass is 35.5. The Morgan fingerprint density at radius 3 is 2.16 bits per heavy atom. The zero-order valence-corrected chi connectivity index (χ0v) is 19.6. The van der Waals surface area contributed by atoms with E-state index in [0.717, 1.165) is 12.8 Å². The van der Waals surface area contributed by atoms with Crippen LogP contribution in [-0.2, 0) is 0 Å². The molecule has 1 saturated heterocycles. The average Bonchev–Trinajstić information content (AvgIpc) is 3.22. The van der Waals surface area contributed by atoms with Crippen LogP contribution in [0, 0.1) is 11.6 Å². The number of aromatic nitrogens is 5. The highest BCUT2D eigenvalue weighted by Gasteiger charge is 2.39. The summed E-state index contributed by atoms with van der Waals surface area (Å²) >= 11 is 0. The number of rotatable bonds is 4. The topological polar surface area (TPSA) is 82.6 Å². The van der Waals surface area contributed by atoms with E-state index in [1.807, 2.05) is 11.9 Å². The Morgan fingerprint density at radius 2 is 1.59 bits per heavy atom. The fourth-order valence-corrected chi connectivity index (χ4v) is 4.63. The smallest absolute Gasteiger partial charge is 0.245 e. The summed E-state index contributed by atoms with van der Waals surface area (Å²) in [4.78, 5) is 6.41. The van der Waals surface area contributed by atoms with Gasteiger partial charge in [0.25, 0.3) is 0 Å². The number of halogens is 3. The molecule has 0 radical (unpaired) electrons. The second-order valence-corrected chi connectivity index (χ2v) is 9.48. The quantitative estimate of drug-likeness (QED) is 0.597. The highest BCUT2D eigenvalue weighted by molar-refractivity contribution is 5.85. The molecule has 32 heavy (non-hydrogen) atoms. The molecule has 2 aromatic heterocycles. The van der Waals surface area contributed by atoms with E-state index in [9.17, 15) is 8.78 Å². The van der Waals surface area contributed by atoms with Crippen molar-refractivity contribution < 1.29 is 8.78 Å². The maximum atomic E-state index is 14.7. The van der Waals surface area contributed by atoms with Crippen LogP contribution in [0.1, 0.15) is 40.5 Å². The van der Waals surface area contributed by atoms with Gasteiger partial charge in [0.1, 0.15) is 5.69 Å². The molecular weight excluding hydrogens is 436 g/mol. The fourth-order valence-electron chi connectivity index (χ4n) is 4.63. The molecule has 0 spiro atoms. The van der Waals surface area contributed by atoms with Gasteiger partial charge in [0.2, 0.25) is 5.95 Å². The standard InChI is InChI=1S/C22H27F2N7.ClH/c1-21(2)8-14(9-22(3,4)30-21)31(5)20-25-12-17(28-29-20)16-7-6-15(18(23)19(16)24)13-10-26-27-11-13;/h6-7,10-12,14,30H,8-9H2,1-5H3,(H,26,27);1H. The summed E-state index contributed by atoms with van der Waals surface area (Å²) < 4.78 is 29.3. The summed E-state index contributed by atoms with van der Waals surface area (Å²) in [6.45, 7) is 8.73. The van der Waals surface area contributed by atoms with Gasteiger partial charge in [-0.05, 0) is 46.6 Å². The third-order valence-corrected chi connectivity index (χ3v) is 5.75. The van der Waals surface area contributed by atoms with E-state index < -0.39 is 11.6 Å². The van der Waals surface area contributed by atoms with Crippen molar-refractivity contribution in [3.63, 3.8) is 0 Å². The van der Waals surface area contributed by atoms with Gasteiger partial charge in [-0.25, -0.2) is 13.8 Å². The van der Waals surface area contributed by atoms with Gasteiger partial charge in [-0.2, -0.15) is 5.10 Å². The van der Waals surface area contributed by atoms with Crippen LogP contribution in [0.3, 0.4) is 0 Å². The third kappa shape index (κ3) is 4.73. The number of piperidine rings is 1. The minimum atomic E-state index is -0.988. The van der Waals surface area contributed by atoms with Crippen molar-refractivity contribution in [1.29, 1.82) is 0 Å². The van der Waals surface area contributed by atoms with Crippen LogP contribution >= 0.6 is 12.4 Å². The molecule has 10 heteroatoms. The normalized spacial score (nSPS) is 17.6. The molecule has 0 amide bonds. The van der Waals surface area contributed by atoms with Gasteiger partial charge < -0.3 is 10.2 Å². The number of nitrogens with one attached hydrogen (secondary N) is 2. The monoisotopic (exact) mass is 463 g/mol. The largest absolute Gasteiger partial charge is 0.339 e. The minimum absolute atomic E-state index is 0. The summed E-state index contributed by atoms with van der Waals surface area (Å²) in [5.74, 6) is -1.49. The first-order valence-corrected chi connectivity index (χ1v) is 10.3. The van der Waals surface area contributed by atoms with Gasteiger partial charge in [-0.3, -0.25) is 5.10 Å². The number of nitrogens with zero attached hydrogens (tertiary/aromatic N) is 5. The van der Waals surface area contributed by atoms with Gasteiger partial charge in [-0.1, -0.05) is 6.07 Å². The Hall–Kier alpha value is -2.65. The third-order valence-electron chi connectivity index (χ3n) is 5.75. The van der Waals surface area contributed by atoms with Crippen LogP contribution in [0.15, 0.2) is 30.7 Å². The molecule has 172 valence electrons. The van der Waals surface area contributed by atoms with Gasteiger partial charge in [0.15, 0.2) is 11.6 Å². The van der Waals surface area contributed by atoms with Crippen molar-refractivity contribution in [2.45, 2.75) is 57.7 Å². The average molecular weight is 464 g/mol. The Morgan fingerprint density at radius 1 is 0.969 bits per heavy atom. The first-order chi connectivity index (χ1) is 14.6. The number of H-pyrrole nitrogens is 1. The fraction of sp³-hybridized carbons (Fsp3) is 0.455.